The zero-order chi connectivity index (χ0) is 13.8. The monoisotopic (exact) mass is 253 g/mol. The maximum atomic E-state index is 12.3. The van der Waals surface area contributed by atoms with E-state index in [0.717, 1.165) is 22.3 Å². The number of rotatable bonds is 4. The fraction of sp³-hybridized carbons (Fsp3) is 0.235. The molecule has 0 amide bonds. The summed E-state index contributed by atoms with van der Waals surface area (Å²) in [6, 6.07) is 15.1. The average Bonchev–Trinajstić information content (AvgIpc) is 2.43. The summed E-state index contributed by atoms with van der Waals surface area (Å²) in [7, 11) is 0. The van der Waals surface area contributed by atoms with Gasteiger partial charge in [0.05, 0.1) is 6.04 Å². The van der Waals surface area contributed by atoms with Crippen LogP contribution in [-0.4, -0.2) is 5.78 Å². The van der Waals surface area contributed by atoms with E-state index in [4.69, 9.17) is 5.73 Å². The molecule has 19 heavy (non-hydrogen) atoms. The molecule has 2 N–H and O–H groups in total. The Morgan fingerprint density at radius 3 is 2.16 bits per heavy atom. The topological polar surface area (TPSA) is 43.1 Å². The number of benzene rings is 2. The molecule has 0 aliphatic carbocycles. The van der Waals surface area contributed by atoms with Crippen LogP contribution in [0.1, 0.15) is 28.3 Å². The highest BCUT2D eigenvalue weighted by atomic mass is 16.1. The molecular formula is C17H19NO. The lowest BCUT2D eigenvalue weighted by Gasteiger charge is -2.13. The van der Waals surface area contributed by atoms with Crippen molar-refractivity contribution in [2.24, 2.45) is 5.73 Å². The molecule has 2 heteroatoms. The number of carbonyl (C=O) groups is 1. The Morgan fingerprint density at radius 1 is 1.00 bits per heavy atom. The molecule has 1 unspecified atom stereocenters. The molecule has 2 aromatic carbocycles. The molecule has 0 spiro atoms. The molecule has 0 aliphatic heterocycles. The smallest absolute Gasteiger partial charge is 0.158 e. The number of Topliss-reactive ketones (excluding diaryl/α,β-unsaturated/α-hetero) is 1. The molecule has 0 fully saturated rings. The van der Waals surface area contributed by atoms with Gasteiger partial charge in [-0.1, -0.05) is 48.5 Å². The van der Waals surface area contributed by atoms with Gasteiger partial charge >= 0.3 is 0 Å². The highest BCUT2D eigenvalue weighted by Gasteiger charge is 2.17. The van der Waals surface area contributed by atoms with Gasteiger partial charge in [0.1, 0.15) is 0 Å². The summed E-state index contributed by atoms with van der Waals surface area (Å²) in [6.07, 6.45) is 0.397. The van der Waals surface area contributed by atoms with Gasteiger partial charge in [-0.3, -0.25) is 4.79 Å². The predicted octanol–water partition coefficient (Wildman–Crippen LogP) is 3.12. The molecule has 0 saturated heterocycles. The fourth-order valence-corrected chi connectivity index (χ4v) is 2.26. The van der Waals surface area contributed by atoms with E-state index < -0.39 is 6.04 Å². The van der Waals surface area contributed by atoms with E-state index in [2.05, 4.69) is 0 Å². The summed E-state index contributed by atoms with van der Waals surface area (Å²) in [5.41, 5.74) is 10.3. The first-order valence-corrected chi connectivity index (χ1v) is 6.48. The van der Waals surface area contributed by atoms with E-state index in [1.54, 1.807) is 0 Å². The van der Waals surface area contributed by atoms with Crippen LogP contribution in [0.15, 0.2) is 48.5 Å². The molecule has 0 heterocycles. The normalized spacial score (nSPS) is 12.2. The second-order valence-corrected chi connectivity index (χ2v) is 4.90. The van der Waals surface area contributed by atoms with E-state index in [1.165, 1.54) is 0 Å². The summed E-state index contributed by atoms with van der Waals surface area (Å²) < 4.78 is 0. The molecule has 2 aromatic rings. The van der Waals surface area contributed by atoms with Crippen LogP contribution in [0.3, 0.4) is 0 Å². The minimum absolute atomic E-state index is 0.0589. The lowest BCUT2D eigenvalue weighted by Crippen LogP contribution is -2.23. The largest absolute Gasteiger partial charge is 0.318 e. The summed E-state index contributed by atoms with van der Waals surface area (Å²) in [5, 5.41) is 0. The van der Waals surface area contributed by atoms with E-state index in [9.17, 15) is 4.79 Å². The Balaban J connectivity index is 2.18. The van der Waals surface area contributed by atoms with Gasteiger partial charge in [0.15, 0.2) is 5.78 Å². The zero-order valence-electron chi connectivity index (χ0n) is 11.4. The maximum Gasteiger partial charge on any atom is 0.158 e. The van der Waals surface area contributed by atoms with Crippen molar-refractivity contribution in [3.05, 3.63) is 70.8 Å². The third-order valence-corrected chi connectivity index (χ3v) is 3.50. The molecule has 2 rings (SSSR count). The van der Waals surface area contributed by atoms with E-state index in [0.29, 0.717) is 6.42 Å². The van der Waals surface area contributed by atoms with Gasteiger partial charge in [-0.15, -0.1) is 0 Å². The third-order valence-electron chi connectivity index (χ3n) is 3.50. The van der Waals surface area contributed by atoms with Crippen LogP contribution in [0.5, 0.6) is 0 Å². The fourth-order valence-electron chi connectivity index (χ4n) is 2.26. The first-order chi connectivity index (χ1) is 9.09. The Kier molecular flexibility index (Phi) is 4.13. The molecule has 0 aliphatic rings. The van der Waals surface area contributed by atoms with Crippen LogP contribution in [0.2, 0.25) is 0 Å². The van der Waals surface area contributed by atoms with Crippen LogP contribution in [0, 0.1) is 13.8 Å². The van der Waals surface area contributed by atoms with Gasteiger partial charge in [-0.25, -0.2) is 0 Å². The van der Waals surface area contributed by atoms with Crippen LogP contribution in [0.25, 0.3) is 0 Å². The molecular weight excluding hydrogens is 234 g/mol. The third kappa shape index (κ3) is 3.09. The first-order valence-electron chi connectivity index (χ1n) is 6.48. The Hall–Kier alpha value is -1.93. The number of carbonyl (C=O) groups excluding carboxylic acids is 1. The van der Waals surface area contributed by atoms with Crippen molar-refractivity contribution in [2.75, 3.05) is 0 Å². The lowest BCUT2D eigenvalue weighted by atomic mass is 9.93. The second-order valence-electron chi connectivity index (χ2n) is 4.90. The van der Waals surface area contributed by atoms with Gasteiger partial charge in [-0.2, -0.15) is 0 Å². The minimum atomic E-state index is -0.541. The second kappa shape index (κ2) is 5.81. The van der Waals surface area contributed by atoms with Crippen molar-refractivity contribution in [3.63, 3.8) is 0 Å². The minimum Gasteiger partial charge on any atom is -0.318 e. The molecule has 0 aromatic heterocycles. The molecule has 2 nitrogen and oxygen atoms in total. The average molecular weight is 253 g/mol. The molecule has 0 saturated carbocycles. The number of nitrogens with two attached hydrogens (primary N) is 1. The number of aryl methyl sites for hydroxylation is 2. The summed E-state index contributed by atoms with van der Waals surface area (Å²) in [6.45, 7) is 4.06. The number of ketones is 1. The standard InChI is InChI=1S/C17H19NO/c1-12-7-6-8-13(2)15(12)11-16(19)17(18)14-9-4-3-5-10-14/h3-10,17H,11,18H2,1-2H3. The predicted molar refractivity (Wildman–Crippen MR) is 78.0 cm³/mol. The van der Waals surface area contributed by atoms with E-state index in [-0.39, 0.29) is 5.78 Å². The van der Waals surface area contributed by atoms with Gasteiger partial charge in [0.2, 0.25) is 0 Å². The zero-order valence-corrected chi connectivity index (χ0v) is 11.4. The van der Waals surface area contributed by atoms with Gasteiger partial charge < -0.3 is 5.73 Å². The van der Waals surface area contributed by atoms with Gasteiger partial charge in [-0.05, 0) is 36.1 Å². The van der Waals surface area contributed by atoms with Crippen LogP contribution in [0.4, 0.5) is 0 Å². The maximum absolute atomic E-state index is 12.3. The first kappa shape index (κ1) is 13.5. The summed E-state index contributed by atoms with van der Waals surface area (Å²) >= 11 is 0. The van der Waals surface area contributed by atoms with Crippen LogP contribution < -0.4 is 5.73 Å². The molecule has 98 valence electrons. The van der Waals surface area contributed by atoms with Crippen molar-refractivity contribution in [2.45, 2.75) is 26.3 Å². The highest BCUT2D eigenvalue weighted by molar-refractivity contribution is 5.87. The Morgan fingerprint density at radius 2 is 1.58 bits per heavy atom. The SMILES string of the molecule is Cc1cccc(C)c1CC(=O)C(N)c1ccccc1. The van der Waals surface area contributed by atoms with E-state index in [1.807, 2.05) is 62.4 Å². The molecule has 1 atom stereocenters. The van der Waals surface area contributed by atoms with Gasteiger partial charge in [0.25, 0.3) is 0 Å². The Labute approximate surface area is 114 Å². The lowest BCUT2D eigenvalue weighted by molar-refractivity contribution is -0.119. The molecule has 0 bridgehead atoms. The summed E-state index contributed by atoms with van der Waals surface area (Å²) in [5.74, 6) is 0.0589. The summed E-state index contributed by atoms with van der Waals surface area (Å²) in [4.78, 5) is 12.3. The van der Waals surface area contributed by atoms with Crippen LogP contribution in [-0.2, 0) is 11.2 Å². The van der Waals surface area contributed by atoms with Crippen LogP contribution >= 0.6 is 0 Å². The van der Waals surface area contributed by atoms with E-state index >= 15 is 0 Å². The van der Waals surface area contributed by atoms with Crippen molar-refractivity contribution in [1.29, 1.82) is 0 Å². The van der Waals surface area contributed by atoms with Crippen molar-refractivity contribution in [1.82, 2.24) is 0 Å². The van der Waals surface area contributed by atoms with Crippen molar-refractivity contribution < 1.29 is 4.79 Å². The number of hydrogen-bond acceptors (Lipinski definition) is 2. The van der Waals surface area contributed by atoms with Crippen molar-refractivity contribution in [3.8, 4) is 0 Å². The highest BCUT2D eigenvalue weighted by Crippen LogP contribution is 2.18. The Bertz CT molecular complexity index is 555. The van der Waals surface area contributed by atoms with Crippen molar-refractivity contribution >= 4 is 5.78 Å². The van der Waals surface area contributed by atoms with Gasteiger partial charge in [0, 0.05) is 6.42 Å². The molecule has 0 radical (unpaired) electrons. The number of hydrogen-bond donors (Lipinski definition) is 1. The quantitative estimate of drug-likeness (QED) is 0.909.